The fraction of sp³-hybridized carbons (Fsp3) is 0.176. The third-order valence-electron chi connectivity index (χ3n) is 3.06. The third kappa shape index (κ3) is 6.33. The lowest BCUT2D eigenvalue weighted by molar-refractivity contribution is -0.0819. The van der Waals surface area contributed by atoms with E-state index in [9.17, 15) is 0 Å². The molecular formula is C17H20Br2N6O2. The lowest BCUT2D eigenvalue weighted by Crippen LogP contribution is -2.35. The number of guanidine groups is 2. The maximum absolute atomic E-state index is 5.98. The maximum atomic E-state index is 5.98. The summed E-state index contributed by atoms with van der Waals surface area (Å²) in [5.74, 6) is 0.132. The summed E-state index contributed by atoms with van der Waals surface area (Å²) in [7, 11) is 0. The van der Waals surface area contributed by atoms with Gasteiger partial charge in [-0.3, -0.25) is 0 Å². The van der Waals surface area contributed by atoms with Crippen molar-refractivity contribution in [1.29, 1.82) is 0 Å². The van der Waals surface area contributed by atoms with Gasteiger partial charge in [-0.15, -0.1) is 0 Å². The van der Waals surface area contributed by atoms with E-state index in [0.717, 1.165) is 0 Å². The van der Waals surface area contributed by atoms with E-state index >= 15 is 0 Å². The Bertz CT molecular complexity index is 819. The molecule has 0 unspecified atom stereocenters. The van der Waals surface area contributed by atoms with Crippen LogP contribution in [0.4, 0.5) is 11.4 Å². The van der Waals surface area contributed by atoms with Crippen LogP contribution in [0, 0.1) is 0 Å². The van der Waals surface area contributed by atoms with E-state index in [1.165, 1.54) is 0 Å². The van der Waals surface area contributed by atoms with Crippen molar-refractivity contribution in [3.63, 3.8) is 0 Å². The van der Waals surface area contributed by atoms with E-state index in [0.29, 0.717) is 31.8 Å². The van der Waals surface area contributed by atoms with Crippen LogP contribution in [0.25, 0.3) is 0 Å². The minimum absolute atomic E-state index is 0.0201. The topological polar surface area (TPSA) is 147 Å². The Balaban J connectivity index is 2.17. The molecule has 0 amide bonds. The molecular weight excluding hydrogens is 480 g/mol. The van der Waals surface area contributed by atoms with Crippen molar-refractivity contribution in [2.75, 3.05) is 0 Å². The molecule has 2 rings (SSSR count). The molecule has 144 valence electrons. The Morgan fingerprint density at radius 3 is 1.44 bits per heavy atom. The van der Waals surface area contributed by atoms with Crippen molar-refractivity contribution < 1.29 is 9.47 Å². The molecule has 2 aromatic rings. The Kier molecular flexibility index (Phi) is 6.55. The summed E-state index contributed by atoms with van der Waals surface area (Å²) in [4.78, 5) is 7.97. The van der Waals surface area contributed by atoms with E-state index in [1.807, 2.05) is 0 Å². The summed E-state index contributed by atoms with van der Waals surface area (Å²) in [6.45, 7) is 3.58. The second-order valence-electron chi connectivity index (χ2n) is 5.91. The third-order valence-corrected chi connectivity index (χ3v) is 4.30. The first-order valence-corrected chi connectivity index (χ1v) is 9.31. The minimum Gasteiger partial charge on any atom is -0.452 e. The zero-order valence-electron chi connectivity index (χ0n) is 14.7. The molecule has 0 heterocycles. The molecule has 0 fully saturated rings. The number of aliphatic imine (C=N–C) groups is 2. The van der Waals surface area contributed by atoms with Crippen LogP contribution in [0.3, 0.4) is 0 Å². The first-order chi connectivity index (χ1) is 12.6. The van der Waals surface area contributed by atoms with Crippen LogP contribution in [0.2, 0.25) is 0 Å². The van der Waals surface area contributed by atoms with Crippen molar-refractivity contribution >= 4 is 55.2 Å². The van der Waals surface area contributed by atoms with Gasteiger partial charge in [0, 0.05) is 13.8 Å². The fourth-order valence-corrected chi connectivity index (χ4v) is 3.03. The van der Waals surface area contributed by atoms with Gasteiger partial charge < -0.3 is 32.4 Å². The van der Waals surface area contributed by atoms with Gasteiger partial charge in [-0.2, -0.15) is 0 Å². The first kappa shape index (κ1) is 20.8. The average molecular weight is 500 g/mol. The van der Waals surface area contributed by atoms with Crippen LogP contribution < -0.4 is 32.4 Å². The minimum atomic E-state index is -0.972. The molecule has 0 saturated carbocycles. The van der Waals surface area contributed by atoms with Gasteiger partial charge in [0.25, 0.3) is 0 Å². The zero-order chi connectivity index (χ0) is 20.2. The molecule has 0 saturated heterocycles. The SMILES string of the molecule is CC(C)(Oc1ccc(N=C(N)N)cc1Br)Oc1ccc(N=C(N)N)cc1Br. The summed E-state index contributed by atoms with van der Waals surface area (Å²) in [5.41, 5.74) is 22.8. The van der Waals surface area contributed by atoms with Gasteiger partial charge in [-0.25, -0.2) is 9.98 Å². The maximum Gasteiger partial charge on any atom is 0.245 e. The number of hydrogen-bond donors (Lipinski definition) is 4. The Morgan fingerprint density at radius 2 is 1.15 bits per heavy atom. The van der Waals surface area contributed by atoms with Crippen LogP contribution in [-0.4, -0.2) is 17.7 Å². The van der Waals surface area contributed by atoms with Gasteiger partial charge in [-0.05, 0) is 68.3 Å². The molecule has 0 bridgehead atoms. The number of benzene rings is 2. The molecule has 2 aromatic carbocycles. The number of nitrogens with zero attached hydrogens (tertiary/aromatic N) is 2. The number of halogens is 2. The van der Waals surface area contributed by atoms with Gasteiger partial charge in [0.05, 0.1) is 20.3 Å². The van der Waals surface area contributed by atoms with Crippen LogP contribution in [0.15, 0.2) is 55.3 Å². The number of nitrogens with two attached hydrogens (primary N) is 4. The number of ether oxygens (including phenoxy) is 2. The second kappa shape index (κ2) is 8.49. The summed E-state index contributed by atoms with van der Waals surface area (Å²) < 4.78 is 13.3. The van der Waals surface area contributed by atoms with E-state index in [-0.39, 0.29) is 11.9 Å². The highest BCUT2D eigenvalue weighted by atomic mass is 79.9. The number of hydrogen-bond acceptors (Lipinski definition) is 4. The van der Waals surface area contributed by atoms with Crippen LogP contribution >= 0.6 is 31.9 Å². The van der Waals surface area contributed by atoms with E-state index in [4.69, 9.17) is 32.4 Å². The van der Waals surface area contributed by atoms with Crippen molar-refractivity contribution in [2.24, 2.45) is 32.9 Å². The molecule has 0 radical (unpaired) electrons. The highest BCUT2D eigenvalue weighted by Crippen LogP contribution is 2.35. The predicted molar refractivity (Wildman–Crippen MR) is 115 cm³/mol. The fourth-order valence-electron chi connectivity index (χ4n) is 2.13. The summed E-state index contributed by atoms with van der Waals surface area (Å²) in [6.07, 6.45) is 0. The molecule has 10 heteroatoms. The van der Waals surface area contributed by atoms with Gasteiger partial charge in [-0.1, -0.05) is 0 Å². The average Bonchev–Trinajstić information content (AvgIpc) is 2.51. The van der Waals surface area contributed by atoms with Gasteiger partial charge >= 0.3 is 0 Å². The lowest BCUT2D eigenvalue weighted by Gasteiger charge is -2.28. The van der Waals surface area contributed by atoms with Crippen LogP contribution in [0.1, 0.15) is 13.8 Å². The van der Waals surface area contributed by atoms with Crippen molar-refractivity contribution in [2.45, 2.75) is 19.6 Å². The summed E-state index contributed by atoms with van der Waals surface area (Å²) >= 11 is 6.89. The standard InChI is InChI=1S/C17H20Br2N6O2/c1-17(2,26-13-5-3-9(7-11(13)18)24-15(20)21)27-14-6-4-10(8-12(14)19)25-16(22)23/h3-8H,1-2H3,(H4,20,21,24)(H4,22,23,25). The molecule has 0 aliphatic heterocycles. The molecule has 0 aliphatic carbocycles. The lowest BCUT2D eigenvalue weighted by atomic mass is 10.2. The van der Waals surface area contributed by atoms with Crippen molar-refractivity contribution in [3.05, 3.63) is 45.3 Å². The second-order valence-corrected chi connectivity index (χ2v) is 7.62. The smallest absolute Gasteiger partial charge is 0.245 e. The van der Waals surface area contributed by atoms with E-state index in [1.54, 1.807) is 50.2 Å². The first-order valence-electron chi connectivity index (χ1n) is 7.72. The predicted octanol–water partition coefficient (Wildman–Crippen LogP) is 3.22. The zero-order valence-corrected chi connectivity index (χ0v) is 17.9. The molecule has 0 spiro atoms. The van der Waals surface area contributed by atoms with Crippen molar-refractivity contribution in [3.8, 4) is 11.5 Å². The van der Waals surface area contributed by atoms with E-state index < -0.39 is 5.79 Å². The van der Waals surface area contributed by atoms with Gasteiger partial charge in [0.15, 0.2) is 11.9 Å². The number of rotatable bonds is 6. The highest BCUT2D eigenvalue weighted by Gasteiger charge is 2.24. The van der Waals surface area contributed by atoms with Crippen LogP contribution in [-0.2, 0) is 0 Å². The molecule has 0 aromatic heterocycles. The summed E-state index contributed by atoms with van der Waals surface area (Å²) in [6, 6.07) is 10.4. The monoisotopic (exact) mass is 498 g/mol. The Hall–Kier alpha value is -2.46. The summed E-state index contributed by atoms with van der Waals surface area (Å²) in [5, 5.41) is 0. The largest absolute Gasteiger partial charge is 0.452 e. The molecule has 0 atom stereocenters. The van der Waals surface area contributed by atoms with Gasteiger partial charge in [0.2, 0.25) is 5.79 Å². The van der Waals surface area contributed by atoms with Gasteiger partial charge in [0.1, 0.15) is 11.5 Å². The van der Waals surface area contributed by atoms with E-state index in [2.05, 4.69) is 41.8 Å². The Morgan fingerprint density at radius 1 is 0.778 bits per heavy atom. The highest BCUT2D eigenvalue weighted by molar-refractivity contribution is 9.10. The normalized spacial score (nSPS) is 10.8. The Labute approximate surface area is 173 Å². The quantitative estimate of drug-likeness (QED) is 0.272. The molecule has 0 aliphatic rings. The van der Waals surface area contributed by atoms with Crippen LogP contribution in [0.5, 0.6) is 11.5 Å². The molecule has 27 heavy (non-hydrogen) atoms. The molecule has 8 nitrogen and oxygen atoms in total. The van der Waals surface area contributed by atoms with Crippen molar-refractivity contribution in [1.82, 2.24) is 0 Å². The molecule has 8 N–H and O–H groups in total.